The van der Waals surface area contributed by atoms with Gasteiger partial charge in [0.25, 0.3) is 5.56 Å². The van der Waals surface area contributed by atoms with E-state index in [9.17, 15) is 28.2 Å². The van der Waals surface area contributed by atoms with Crippen molar-refractivity contribution in [2.45, 2.75) is 25.7 Å². The summed E-state index contributed by atoms with van der Waals surface area (Å²) in [5.74, 6) is -1.90. The van der Waals surface area contributed by atoms with Gasteiger partial charge in [-0.25, -0.2) is 4.98 Å². The van der Waals surface area contributed by atoms with E-state index in [-0.39, 0.29) is 41.5 Å². The summed E-state index contributed by atoms with van der Waals surface area (Å²) in [5.41, 5.74) is 0.151. The van der Waals surface area contributed by atoms with Gasteiger partial charge >= 0.3 is 6.18 Å². The summed E-state index contributed by atoms with van der Waals surface area (Å²) >= 11 is 0. The first-order valence-corrected chi connectivity index (χ1v) is 7.69. The average Bonchev–Trinajstić information content (AvgIpc) is 2.57. The highest BCUT2D eigenvalue weighted by Crippen LogP contribution is 2.36. The largest absolute Gasteiger partial charge is 0.504 e. The maximum absolute atomic E-state index is 12.7. The normalized spacial score (nSPS) is 14.9. The van der Waals surface area contributed by atoms with Crippen LogP contribution in [0.1, 0.15) is 22.6 Å². The number of aromatic amines is 1. The van der Waals surface area contributed by atoms with Crippen molar-refractivity contribution in [1.29, 1.82) is 0 Å². The van der Waals surface area contributed by atoms with E-state index in [1.54, 1.807) is 11.1 Å². The zero-order valence-electron chi connectivity index (χ0n) is 13.7. The summed E-state index contributed by atoms with van der Waals surface area (Å²) in [4.78, 5) is 19.2. The summed E-state index contributed by atoms with van der Waals surface area (Å²) in [6.45, 7) is 0.828. The van der Waals surface area contributed by atoms with Gasteiger partial charge in [0.1, 0.15) is 0 Å². The summed E-state index contributed by atoms with van der Waals surface area (Å²) in [6.07, 6.45) is -4.50. The van der Waals surface area contributed by atoms with Gasteiger partial charge in [0, 0.05) is 26.1 Å². The van der Waals surface area contributed by atoms with Crippen molar-refractivity contribution in [2.75, 3.05) is 13.7 Å². The Labute approximate surface area is 145 Å². The van der Waals surface area contributed by atoms with Crippen LogP contribution in [-0.2, 0) is 25.7 Å². The molecule has 7 nitrogen and oxygen atoms in total. The van der Waals surface area contributed by atoms with Crippen molar-refractivity contribution in [3.05, 3.63) is 45.1 Å². The molecule has 0 saturated carbocycles. The van der Waals surface area contributed by atoms with Gasteiger partial charge in [-0.15, -0.1) is 0 Å². The molecule has 140 valence electrons. The number of halogens is 3. The first kappa shape index (κ1) is 18.1. The molecule has 0 bridgehead atoms. The molecule has 10 heteroatoms. The lowest BCUT2D eigenvalue weighted by Crippen LogP contribution is -2.36. The Balaban J connectivity index is 1.83. The van der Waals surface area contributed by atoms with Crippen molar-refractivity contribution in [1.82, 2.24) is 14.9 Å². The molecule has 0 aliphatic carbocycles. The van der Waals surface area contributed by atoms with Crippen LogP contribution >= 0.6 is 0 Å². The van der Waals surface area contributed by atoms with Crippen LogP contribution in [-0.4, -0.2) is 38.7 Å². The number of nitrogens with one attached hydrogen (secondary N) is 1. The molecule has 0 unspecified atom stereocenters. The zero-order chi connectivity index (χ0) is 19.1. The van der Waals surface area contributed by atoms with Crippen molar-refractivity contribution in [3.8, 4) is 17.2 Å². The van der Waals surface area contributed by atoms with E-state index in [0.29, 0.717) is 18.7 Å². The second-order valence-electron chi connectivity index (χ2n) is 5.96. The van der Waals surface area contributed by atoms with Gasteiger partial charge in [0.2, 0.25) is 11.6 Å². The van der Waals surface area contributed by atoms with Crippen LogP contribution in [0.25, 0.3) is 0 Å². The summed E-state index contributed by atoms with van der Waals surface area (Å²) < 4.78 is 43.2. The number of nitrogens with zero attached hydrogens (tertiary/aromatic N) is 2. The minimum absolute atomic E-state index is 0.103. The molecule has 1 aliphatic rings. The van der Waals surface area contributed by atoms with Crippen molar-refractivity contribution >= 4 is 0 Å². The molecule has 2 heterocycles. The number of alkyl halides is 3. The molecule has 0 saturated heterocycles. The summed E-state index contributed by atoms with van der Waals surface area (Å²) in [5, 5.41) is 19.4. The number of fused-ring (bicyclic) bond motifs is 1. The van der Waals surface area contributed by atoms with E-state index in [0.717, 1.165) is 0 Å². The highest BCUT2D eigenvalue weighted by Gasteiger charge is 2.36. The Morgan fingerprint density at radius 1 is 1.35 bits per heavy atom. The standard InChI is InChI=1S/C16H16F3N3O4/c1-26-12-5-8(4-11(23)13(12)24)6-22-3-2-10-9(7-22)14(25)21-15(20-10)16(17,18)19/h4-5,23-24H,2-3,6-7H2,1H3,(H,20,21,25). The molecule has 0 atom stereocenters. The number of aromatic hydroxyl groups is 2. The first-order valence-electron chi connectivity index (χ1n) is 7.69. The van der Waals surface area contributed by atoms with Crippen LogP contribution in [0.3, 0.4) is 0 Å². The number of H-pyrrole nitrogens is 1. The minimum atomic E-state index is -4.70. The molecule has 1 aromatic heterocycles. The topological polar surface area (TPSA) is 98.7 Å². The van der Waals surface area contributed by atoms with E-state index in [2.05, 4.69) is 4.98 Å². The Kier molecular flexibility index (Phi) is 4.53. The third-order valence-electron chi connectivity index (χ3n) is 4.16. The average molecular weight is 371 g/mol. The molecule has 0 fully saturated rings. The predicted octanol–water partition coefficient (Wildman–Crippen LogP) is 1.77. The molecule has 0 amide bonds. The van der Waals surface area contributed by atoms with Gasteiger partial charge < -0.3 is 19.9 Å². The number of methoxy groups -OCH3 is 1. The van der Waals surface area contributed by atoms with Crippen molar-refractivity contribution < 1.29 is 28.1 Å². The number of hydrogen-bond acceptors (Lipinski definition) is 6. The number of hydrogen-bond donors (Lipinski definition) is 3. The number of phenols is 2. The SMILES string of the molecule is COc1cc(CN2CCc3nc(C(F)(F)F)[nH]c(=O)c3C2)cc(O)c1O. The van der Waals surface area contributed by atoms with E-state index in [1.165, 1.54) is 13.2 Å². The summed E-state index contributed by atoms with van der Waals surface area (Å²) in [6, 6.07) is 2.91. The molecular formula is C16H16F3N3O4. The predicted molar refractivity (Wildman–Crippen MR) is 84.0 cm³/mol. The van der Waals surface area contributed by atoms with Crippen molar-refractivity contribution in [2.24, 2.45) is 0 Å². The number of phenolic OH excluding ortho intramolecular Hbond substituents is 2. The molecule has 26 heavy (non-hydrogen) atoms. The lowest BCUT2D eigenvalue weighted by Gasteiger charge is -2.28. The molecule has 2 aromatic rings. The third kappa shape index (κ3) is 3.45. The fourth-order valence-corrected chi connectivity index (χ4v) is 2.90. The molecular weight excluding hydrogens is 355 g/mol. The second-order valence-corrected chi connectivity index (χ2v) is 5.96. The van der Waals surface area contributed by atoms with Crippen LogP contribution in [0.4, 0.5) is 13.2 Å². The lowest BCUT2D eigenvalue weighted by atomic mass is 10.1. The number of aromatic nitrogens is 2. The Bertz CT molecular complexity index is 896. The number of ether oxygens (including phenoxy) is 1. The Morgan fingerprint density at radius 3 is 2.73 bits per heavy atom. The van der Waals surface area contributed by atoms with Crippen LogP contribution in [0.2, 0.25) is 0 Å². The van der Waals surface area contributed by atoms with Gasteiger partial charge in [0.15, 0.2) is 11.5 Å². The molecule has 1 aromatic carbocycles. The fourth-order valence-electron chi connectivity index (χ4n) is 2.90. The third-order valence-corrected chi connectivity index (χ3v) is 4.16. The second kappa shape index (κ2) is 6.52. The van der Waals surface area contributed by atoms with Crippen LogP contribution in [0.15, 0.2) is 16.9 Å². The molecule has 0 radical (unpaired) electrons. The number of benzene rings is 1. The smallest absolute Gasteiger partial charge is 0.449 e. The maximum atomic E-state index is 12.7. The minimum Gasteiger partial charge on any atom is -0.504 e. The zero-order valence-corrected chi connectivity index (χ0v) is 13.7. The van der Waals surface area contributed by atoms with Crippen LogP contribution in [0.5, 0.6) is 17.2 Å². The van der Waals surface area contributed by atoms with E-state index in [1.807, 2.05) is 4.90 Å². The van der Waals surface area contributed by atoms with Gasteiger partial charge in [-0.1, -0.05) is 0 Å². The van der Waals surface area contributed by atoms with Gasteiger partial charge in [-0.3, -0.25) is 9.69 Å². The maximum Gasteiger partial charge on any atom is 0.449 e. The lowest BCUT2D eigenvalue weighted by molar-refractivity contribution is -0.145. The van der Waals surface area contributed by atoms with E-state index >= 15 is 0 Å². The van der Waals surface area contributed by atoms with Gasteiger partial charge in [-0.05, 0) is 17.7 Å². The van der Waals surface area contributed by atoms with E-state index < -0.39 is 17.6 Å². The summed E-state index contributed by atoms with van der Waals surface area (Å²) in [7, 11) is 1.35. The monoisotopic (exact) mass is 371 g/mol. The highest BCUT2D eigenvalue weighted by atomic mass is 19.4. The molecule has 0 spiro atoms. The Morgan fingerprint density at radius 2 is 2.08 bits per heavy atom. The Hall–Kier alpha value is -2.75. The van der Waals surface area contributed by atoms with Crippen LogP contribution in [0, 0.1) is 0 Å². The fraction of sp³-hybridized carbons (Fsp3) is 0.375. The van der Waals surface area contributed by atoms with Crippen molar-refractivity contribution in [3.63, 3.8) is 0 Å². The van der Waals surface area contributed by atoms with E-state index in [4.69, 9.17) is 4.74 Å². The van der Waals surface area contributed by atoms with Crippen LogP contribution < -0.4 is 10.3 Å². The van der Waals surface area contributed by atoms with Gasteiger partial charge in [-0.2, -0.15) is 13.2 Å². The van der Waals surface area contributed by atoms with Gasteiger partial charge in [0.05, 0.1) is 18.4 Å². The quantitative estimate of drug-likeness (QED) is 0.712. The molecule has 3 rings (SSSR count). The number of rotatable bonds is 3. The molecule has 3 N–H and O–H groups in total. The first-order chi connectivity index (χ1) is 12.2. The molecule has 1 aliphatic heterocycles. The highest BCUT2D eigenvalue weighted by molar-refractivity contribution is 5.51.